The molecule has 0 spiro atoms. The SMILES string of the molecule is O=C(Nc1cn(CCN2CCOCC2)nc1-c1cc2ccccc2cc1OC(F)F)c1cnn2cccnc12. The molecule has 39 heavy (non-hydrogen) atoms. The lowest BCUT2D eigenvalue weighted by Gasteiger charge is -2.26. The van der Waals surface area contributed by atoms with Gasteiger partial charge in [-0.3, -0.25) is 14.4 Å². The van der Waals surface area contributed by atoms with Gasteiger partial charge in [0.2, 0.25) is 0 Å². The molecular weight excluding hydrogens is 508 g/mol. The third-order valence-electron chi connectivity index (χ3n) is 6.60. The van der Waals surface area contributed by atoms with Crippen molar-refractivity contribution in [2.75, 3.05) is 38.2 Å². The molecule has 0 radical (unpaired) electrons. The normalized spacial score (nSPS) is 14.3. The number of nitrogens with one attached hydrogen (secondary N) is 1. The van der Waals surface area contributed by atoms with Crippen LogP contribution in [0.2, 0.25) is 0 Å². The number of morpholine rings is 1. The van der Waals surface area contributed by atoms with Crippen molar-refractivity contribution >= 4 is 28.0 Å². The van der Waals surface area contributed by atoms with Crippen molar-refractivity contribution in [1.29, 1.82) is 0 Å². The van der Waals surface area contributed by atoms with Gasteiger partial charge in [0, 0.05) is 43.8 Å². The number of aromatic nitrogens is 5. The number of rotatable bonds is 8. The number of amides is 1. The van der Waals surface area contributed by atoms with Crippen molar-refractivity contribution in [2.45, 2.75) is 13.2 Å². The molecule has 0 bridgehead atoms. The van der Waals surface area contributed by atoms with Crippen LogP contribution in [-0.2, 0) is 11.3 Å². The number of alkyl halides is 2. The Labute approximate surface area is 221 Å². The number of carbonyl (C=O) groups is 1. The summed E-state index contributed by atoms with van der Waals surface area (Å²) in [4.78, 5) is 19.9. The Kier molecular flexibility index (Phi) is 6.86. The van der Waals surface area contributed by atoms with Gasteiger partial charge >= 0.3 is 6.61 Å². The smallest absolute Gasteiger partial charge is 0.387 e. The van der Waals surface area contributed by atoms with E-state index in [9.17, 15) is 13.6 Å². The first-order chi connectivity index (χ1) is 19.0. The van der Waals surface area contributed by atoms with Gasteiger partial charge in [0.25, 0.3) is 5.91 Å². The van der Waals surface area contributed by atoms with Crippen molar-refractivity contribution in [3.63, 3.8) is 0 Å². The van der Waals surface area contributed by atoms with E-state index in [1.54, 1.807) is 41.5 Å². The highest BCUT2D eigenvalue weighted by atomic mass is 19.3. The molecule has 200 valence electrons. The second-order valence-electron chi connectivity index (χ2n) is 9.08. The minimum Gasteiger partial charge on any atom is -0.434 e. The fraction of sp³-hybridized carbons (Fsp3) is 0.259. The van der Waals surface area contributed by atoms with E-state index in [-0.39, 0.29) is 11.3 Å². The molecule has 1 saturated heterocycles. The first-order valence-electron chi connectivity index (χ1n) is 12.5. The number of hydrogen-bond acceptors (Lipinski definition) is 7. The van der Waals surface area contributed by atoms with Gasteiger partial charge in [-0.25, -0.2) is 9.50 Å². The molecule has 4 heterocycles. The van der Waals surface area contributed by atoms with E-state index in [0.29, 0.717) is 48.9 Å². The standard InChI is InChI=1S/C27H25F2N7O3/c28-27(29)39-23-15-19-5-2-1-4-18(19)14-20(23)24-22(17-35(33-24)9-8-34-10-12-38-13-11-34)32-26(37)21-16-31-36-7-3-6-30-25(21)36/h1-7,14-17,27H,8-13H2,(H,32,37). The highest BCUT2D eigenvalue weighted by Crippen LogP contribution is 2.38. The Morgan fingerprint density at radius 3 is 2.69 bits per heavy atom. The molecule has 0 unspecified atom stereocenters. The van der Waals surface area contributed by atoms with Crippen LogP contribution in [0.5, 0.6) is 5.75 Å². The van der Waals surface area contributed by atoms with Crippen LogP contribution in [-0.4, -0.2) is 74.6 Å². The lowest BCUT2D eigenvalue weighted by atomic mass is 10.0. The zero-order valence-electron chi connectivity index (χ0n) is 20.8. The van der Waals surface area contributed by atoms with Gasteiger partial charge in [-0.05, 0) is 29.0 Å². The van der Waals surface area contributed by atoms with Crippen LogP contribution in [0.15, 0.2) is 67.3 Å². The van der Waals surface area contributed by atoms with Crippen molar-refractivity contribution < 1.29 is 23.0 Å². The Bertz CT molecular complexity index is 1630. The molecule has 1 aliphatic heterocycles. The van der Waals surface area contributed by atoms with Crippen LogP contribution in [0.1, 0.15) is 10.4 Å². The van der Waals surface area contributed by atoms with Gasteiger partial charge in [0.05, 0.1) is 31.6 Å². The second kappa shape index (κ2) is 10.8. The van der Waals surface area contributed by atoms with E-state index in [1.165, 1.54) is 10.7 Å². The number of carbonyl (C=O) groups excluding carboxylic acids is 1. The predicted molar refractivity (Wildman–Crippen MR) is 140 cm³/mol. The van der Waals surface area contributed by atoms with Gasteiger partial charge in [0.15, 0.2) is 5.65 Å². The van der Waals surface area contributed by atoms with Crippen molar-refractivity contribution in [1.82, 2.24) is 29.3 Å². The quantitative estimate of drug-likeness (QED) is 0.323. The van der Waals surface area contributed by atoms with Crippen molar-refractivity contribution in [2.24, 2.45) is 0 Å². The van der Waals surface area contributed by atoms with Gasteiger partial charge in [-0.15, -0.1) is 0 Å². The van der Waals surface area contributed by atoms with Gasteiger partial charge in [-0.1, -0.05) is 24.3 Å². The minimum atomic E-state index is -3.03. The third-order valence-corrected chi connectivity index (χ3v) is 6.60. The number of ether oxygens (including phenoxy) is 2. The molecule has 2 aromatic carbocycles. The predicted octanol–water partition coefficient (Wildman–Crippen LogP) is 3.93. The summed E-state index contributed by atoms with van der Waals surface area (Å²) in [7, 11) is 0. The molecule has 10 nitrogen and oxygen atoms in total. The highest BCUT2D eigenvalue weighted by Gasteiger charge is 2.23. The summed E-state index contributed by atoms with van der Waals surface area (Å²) in [5, 5.41) is 13.4. The third kappa shape index (κ3) is 5.29. The Hall–Kier alpha value is -4.42. The van der Waals surface area contributed by atoms with Crippen LogP contribution in [0, 0.1) is 0 Å². The van der Waals surface area contributed by atoms with E-state index in [1.807, 2.05) is 24.3 Å². The molecule has 1 N–H and O–H groups in total. The van der Waals surface area contributed by atoms with Crippen LogP contribution in [0.4, 0.5) is 14.5 Å². The molecule has 0 atom stereocenters. The van der Waals surface area contributed by atoms with Crippen LogP contribution >= 0.6 is 0 Å². The lowest BCUT2D eigenvalue weighted by molar-refractivity contribution is -0.0493. The number of fused-ring (bicyclic) bond motifs is 2. The van der Waals surface area contributed by atoms with Gasteiger partial charge in [0.1, 0.15) is 17.0 Å². The fourth-order valence-electron chi connectivity index (χ4n) is 4.67. The van der Waals surface area contributed by atoms with Crippen LogP contribution in [0.3, 0.4) is 0 Å². The molecular formula is C27H25F2N7O3. The fourth-order valence-corrected chi connectivity index (χ4v) is 4.67. The van der Waals surface area contributed by atoms with Crippen LogP contribution in [0.25, 0.3) is 27.7 Å². The zero-order valence-corrected chi connectivity index (χ0v) is 20.8. The van der Waals surface area contributed by atoms with E-state index >= 15 is 0 Å². The maximum absolute atomic E-state index is 13.4. The first kappa shape index (κ1) is 24.9. The summed E-state index contributed by atoms with van der Waals surface area (Å²) >= 11 is 0. The maximum Gasteiger partial charge on any atom is 0.387 e. The summed E-state index contributed by atoms with van der Waals surface area (Å²) in [6, 6.07) is 12.4. The number of halogens is 2. The maximum atomic E-state index is 13.4. The lowest BCUT2D eigenvalue weighted by Crippen LogP contribution is -2.38. The number of anilines is 1. The molecule has 12 heteroatoms. The number of benzene rings is 2. The second-order valence-corrected chi connectivity index (χ2v) is 9.08. The number of nitrogens with zero attached hydrogens (tertiary/aromatic N) is 6. The molecule has 3 aromatic heterocycles. The zero-order chi connectivity index (χ0) is 26.8. The average Bonchev–Trinajstić information content (AvgIpc) is 3.56. The van der Waals surface area contributed by atoms with E-state index in [0.717, 1.165) is 23.9 Å². The highest BCUT2D eigenvalue weighted by molar-refractivity contribution is 6.09. The molecule has 1 aliphatic rings. The summed E-state index contributed by atoms with van der Waals surface area (Å²) in [5.74, 6) is -0.481. The van der Waals surface area contributed by atoms with E-state index in [2.05, 4.69) is 20.3 Å². The Morgan fingerprint density at radius 2 is 1.90 bits per heavy atom. The molecule has 5 aromatic rings. The van der Waals surface area contributed by atoms with E-state index in [4.69, 9.17) is 14.6 Å². The Balaban J connectivity index is 1.39. The first-order valence-corrected chi connectivity index (χ1v) is 12.5. The largest absolute Gasteiger partial charge is 0.434 e. The molecule has 0 aliphatic carbocycles. The Morgan fingerprint density at radius 1 is 1.10 bits per heavy atom. The van der Waals surface area contributed by atoms with Gasteiger partial charge < -0.3 is 14.8 Å². The van der Waals surface area contributed by atoms with Gasteiger partial charge in [-0.2, -0.15) is 19.0 Å². The van der Waals surface area contributed by atoms with E-state index < -0.39 is 12.5 Å². The molecule has 6 rings (SSSR count). The molecule has 0 saturated carbocycles. The van der Waals surface area contributed by atoms with Crippen molar-refractivity contribution in [3.8, 4) is 17.0 Å². The topological polar surface area (TPSA) is 98.8 Å². The van der Waals surface area contributed by atoms with Crippen molar-refractivity contribution in [3.05, 3.63) is 72.8 Å². The average molecular weight is 534 g/mol. The summed E-state index contributed by atoms with van der Waals surface area (Å²) < 4.78 is 40.4. The summed E-state index contributed by atoms with van der Waals surface area (Å²) in [6.07, 6.45) is 6.40. The summed E-state index contributed by atoms with van der Waals surface area (Å²) in [6.45, 7) is 1.19. The minimum absolute atomic E-state index is 0.0321. The summed E-state index contributed by atoms with van der Waals surface area (Å²) in [5.41, 5.74) is 1.67. The monoisotopic (exact) mass is 533 g/mol. The molecule has 1 amide bonds. The molecule has 1 fully saturated rings. The number of hydrogen-bond donors (Lipinski definition) is 1. The van der Waals surface area contributed by atoms with Crippen LogP contribution < -0.4 is 10.1 Å².